The van der Waals surface area contributed by atoms with E-state index in [2.05, 4.69) is 38.0 Å². The van der Waals surface area contributed by atoms with Crippen LogP contribution in [0.15, 0.2) is 35.8 Å². The lowest BCUT2D eigenvalue weighted by molar-refractivity contribution is 0.906. The van der Waals surface area contributed by atoms with Crippen LogP contribution in [0.5, 0.6) is 0 Å². The van der Waals surface area contributed by atoms with Crippen LogP contribution < -0.4 is 0 Å². The quantitative estimate of drug-likeness (QED) is 0.505. The number of aryl methyl sites for hydroxylation is 1. The fourth-order valence-corrected chi connectivity index (χ4v) is 3.40. The van der Waals surface area contributed by atoms with Gasteiger partial charge in [0.15, 0.2) is 0 Å². The number of rotatable bonds is 5. The number of hydrogen-bond acceptors (Lipinski definition) is 3. The second-order valence-electron chi connectivity index (χ2n) is 4.90. The number of hydrogen-bond donors (Lipinski definition) is 1. The number of fused-ring (bicyclic) bond motifs is 1. The molecule has 0 saturated heterocycles. The number of nitrogens with zero attached hydrogens (tertiary/aromatic N) is 2. The second kappa shape index (κ2) is 6.91. The topological polar surface area (TPSA) is 52.5 Å². The van der Waals surface area contributed by atoms with Gasteiger partial charge in [0.25, 0.3) is 0 Å². The fraction of sp³-hybridized carbons (Fsp3) is 0.176. The van der Waals surface area contributed by atoms with Crippen molar-refractivity contribution in [3.63, 3.8) is 0 Å². The third-order valence-electron chi connectivity index (χ3n) is 3.39. The van der Waals surface area contributed by atoms with E-state index in [4.69, 9.17) is 0 Å². The normalized spacial score (nSPS) is 11.7. The van der Waals surface area contributed by atoms with Gasteiger partial charge in [-0.15, -0.1) is 11.3 Å². The zero-order chi connectivity index (χ0) is 15.4. The SMILES string of the molecule is N#CC(=Cc1c[nH]c2ccccc12)c1nc(CCCBr)cs1. The van der Waals surface area contributed by atoms with Crippen LogP contribution in [0.1, 0.15) is 22.7 Å². The van der Waals surface area contributed by atoms with Gasteiger partial charge in [-0.05, 0) is 25.0 Å². The summed E-state index contributed by atoms with van der Waals surface area (Å²) in [6, 6.07) is 10.4. The van der Waals surface area contributed by atoms with Crippen molar-refractivity contribution in [2.75, 3.05) is 5.33 Å². The summed E-state index contributed by atoms with van der Waals surface area (Å²) in [5.74, 6) is 0. The minimum Gasteiger partial charge on any atom is -0.361 e. The number of allylic oxidation sites excluding steroid dienone is 1. The molecule has 0 spiro atoms. The predicted molar refractivity (Wildman–Crippen MR) is 96.0 cm³/mol. The molecule has 3 nitrogen and oxygen atoms in total. The minimum absolute atomic E-state index is 0.611. The number of aromatic amines is 1. The monoisotopic (exact) mass is 371 g/mol. The van der Waals surface area contributed by atoms with Gasteiger partial charge < -0.3 is 4.98 Å². The first kappa shape index (κ1) is 15.0. The van der Waals surface area contributed by atoms with Crippen LogP contribution >= 0.6 is 27.3 Å². The number of aromatic nitrogens is 2. The summed E-state index contributed by atoms with van der Waals surface area (Å²) in [7, 11) is 0. The first-order valence-corrected chi connectivity index (χ1v) is 9.00. The summed E-state index contributed by atoms with van der Waals surface area (Å²) in [6.45, 7) is 0. The van der Waals surface area contributed by atoms with Crippen molar-refractivity contribution in [3.05, 3.63) is 52.1 Å². The summed E-state index contributed by atoms with van der Waals surface area (Å²) >= 11 is 4.96. The van der Waals surface area contributed by atoms with Crippen LogP contribution in [0.25, 0.3) is 22.6 Å². The van der Waals surface area contributed by atoms with Gasteiger partial charge in [-0.25, -0.2) is 4.98 Å². The highest BCUT2D eigenvalue weighted by Gasteiger charge is 2.09. The summed E-state index contributed by atoms with van der Waals surface area (Å²) < 4.78 is 0. The molecule has 0 unspecified atom stereocenters. The Bertz CT molecular complexity index is 854. The highest BCUT2D eigenvalue weighted by atomic mass is 79.9. The average Bonchev–Trinajstić information content (AvgIpc) is 3.18. The highest BCUT2D eigenvalue weighted by molar-refractivity contribution is 9.09. The minimum atomic E-state index is 0.611. The van der Waals surface area contributed by atoms with E-state index in [0.29, 0.717) is 5.57 Å². The van der Waals surface area contributed by atoms with Crippen LogP contribution in [-0.4, -0.2) is 15.3 Å². The maximum Gasteiger partial charge on any atom is 0.134 e. The lowest BCUT2D eigenvalue weighted by atomic mass is 10.1. The number of halogens is 1. The smallest absolute Gasteiger partial charge is 0.134 e. The van der Waals surface area contributed by atoms with Crippen molar-refractivity contribution in [1.82, 2.24) is 9.97 Å². The number of thiazole rings is 1. The van der Waals surface area contributed by atoms with Gasteiger partial charge in [-0.3, -0.25) is 0 Å². The van der Waals surface area contributed by atoms with E-state index < -0.39 is 0 Å². The number of benzene rings is 1. The van der Waals surface area contributed by atoms with Crippen LogP contribution in [0.2, 0.25) is 0 Å². The molecule has 0 aliphatic carbocycles. The van der Waals surface area contributed by atoms with Crippen LogP contribution in [0, 0.1) is 11.3 Å². The first-order valence-electron chi connectivity index (χ1n) is 7.00. The molecule has 3 rings (SSSR count). The van der Waals surface area contributed by atoms with E-state index in [1.54, 1.807) is 0 Å². The maximum atomic E-state index is 9.47. The molecule has 0 fully saturated rings. The molecule has 0 saturated carbocycles. The van der Waals surface area contributed by atoms with E-state index in [1.807, 2.05) is 35.9 Å². The fourth-order valence-electron chi connectivity index (χ4n) is 2.30. The summed E-state index contributed by atoms with van der Waals surface area (Å²) in [4.78, 5) is 7.80. The Morgan fingerprint density at radius 3 is 3.09 bits per heavy atom. The molecule has 2 aromatic heterocycles. The van der Waals surface area contributed by atoms with Gasteiger partial charge in [-0.1, -0.05) is 34.1 Å². The molecule has 0 amide bonds. The predicted octanol–water partition coefficient (Wildman–Crippen LogP) is 5.02. The Labute approximate surface area is 141 Å². The van der Waals surface area contributed by atoms with Crippen molar-refractivity contribution in [2.45, 2.75) is 12.8 Å². The van der Waals surface area contributed by atoms with Gasteiger partial charge in [0.1, 0.15) is 11.1 Å². The zero-order valence-electron chi connectivity index (χ0n) is 11.8. The standard InChI is InChI=1S/C17H14BrN3S/c18-7-3-4-14-11-22-17(21-14)12(9-19)8-13-10-20-16-6-2-1-5-15(13)16/h1-2,5-6,8,10-11,20H,3-4,7H2. The van der Waals surface area contributed by atoms with Gasteiger partial charge in [0, 0.05) is 33.4 Å². The van der Waals surface area contributed by atoms with Gasteiger partial charge in [0.05, 0.1) is 11.3 Å². The molecular formula is C17H14BrN3S. The van der Waals surface area contributed by atoms with E-state index in [-0.39, 0.29) is 0 Å². The zero-order valence-corrected chi connectivity index (χ0v) is 14.2. The van der Waals surface area contributed by atoms with E-state index >= 15 is 0 Å². The largest absolute Gasteiger partial charge is 0.361 e. The third-order valence-corrected chi connectivity index (χ3v) is 4.88. The molecule has 0 aliphatic rings. The Hall–Kier alpha value is -1.90. The summed E-state index contributed by atoms with van der Waals surface area (Å²) in [5.41, 5.74) is 3.76. The van der Waals surface area contributed by atoms with E-state index in [1.165, 1.54) is 11.3 Å². The Balaban J connectivity index is 1.93. The summed E-state index contributed by atoms with van der Waals surface area (Å²) in [5, 5.41) is 14.4. The molecule has 110 valence electrons. The number of para-hydroxylation sites is 1. The number of alkyl halides is 1. The highest BCUT2D eigenvalue weighted by Crippen LogP contribution is 2.26. The van der Waals surface area contributed by atoms with Crippen molar-refractivity contribution < 1.29 is 0 Å². The Morgan fingerprint density at radius 2 is 2.27 bits per heavy atom. The van der Waals surface area contributed by atoms with Crippen LogP contribution in [0.4, 0.5) is 0 Å². The molecule has 0 atom stereocenters. The van der Waals surface area contributed by atoms with Crippen molar-refractivity contribution in [1.29, 1.82) is 5.26 Å². The van der Waals surface area contributed by atoms with E-state index in [9.17, 15) is 5.26 Å². The lowest BCUT2D eigenvalue weighted by Crippen LogP contribution is -1.87. The van der Waals surface area contributed by atoms with Gasteiger partial charge in [0.2, 0.25) is 0 Å². The number of nitrogens with one attached hydrogen (secondary N) is 1. The maximum absolute atomic E-state index is 9.47. The lowest BCUT2D eigenvalue weighted by Gasteiger charge is -1.95. The molecule has 0 bridgehead atoms. The number of nitriles is 1. The average molecular weight is 372 g/mol. The van der Waals surface area contributed by atoms with Crippen molar-refractivity contribution in [3.8, 4) is 6.07 Å². The molecule has 1 N–H and O–H groups in total. The number of H-pyrrole nitrogens is 1. The van der Waals surface area contributed by atoms with E-state index in [0.717, 1.165) is 45.3 Å². The summed E-state index contributed by atoms with van der Waals surface area (Å²) in [6.07, 6.45) is 5.83. The molecular weight excluding hydrogens is 358 g/mol. The molecule has 0 aliphatic heterocycles. The van der Waals surface area contributed by atoms with Crippen molar-refractivity contribution >= 4 is 49.8 Å². The molecule has 5 heteroatoms. The molecule has 22 heavy (non-hydrogen) atoms. The van der Waals surface area contributed by atoms with Gasteiger partial charge >= 0.3 is 0 Å². The van der Waals surface area contributed by atoms with Crippen molar-refractivity contribution in [2.24, 2.45) is 0 Å². The Kier molecular flexibility index (Phi) is 4.71. The molecule has 0 radical (unpaired) electrons. The second-order valence-corrected chi connectivity index (χ2v) is 6.55. The molecule has 3 aromatic rings. The third kappa shape index (κ3) is 3.13. The van der Waals surface area contributed by atoms with Crippen LogP contribution in [0.3, 0.4) is 0 Å². The first-order chi connectivity index (χ1) is 10.8. The molecule has 2 heterocycles. The van der Waals surface area contributed by atoms with Crippen LogP contribution in [-0.2, 0) is 6.42 Å². The Morgan fingerprint density at radius 1 is 1.41 bits per heavy atom. The van der Waals surface area contributed by atoms with Gasteiger partial charge in [-0.2, -0.15) is 5.26 Å². The molecule has 1 aromatic carbocycles.